The maximum Gasteiger partial charge on any atom is 0.333 e. The minimum atomic E-state index is -0.940. The summed E-state index contributed by atoms with van der Waals surface area (Å²) in [6.07, 6.45) is 3.32. The molecule has 0 saturated carbocycles. The highest BCUT2D eigenvalue weighted by molar-refractivity contribution is 5.77. The molecule has 208 valence electrons. The first-order chi connectivity index (χ1) is 19.4. The number of ether oxygens (including phenoxy) is 1. The van der Waals surface area contributed by atoms with E-state index in [1.807, 2.05) is 61.5 Å². The Morgan fingerprint density at radius 1 is 0.850 bits per heavy atom. The number of anilines is 1. The Morgan fingerprint density at radius 3 is 2.17 bits per heavy atom. The van der Waals surface area contributed by atoms with Crippen LogP contribution in [0.4, 0.5) is 14.5 Å². The fourth-order valence-electron chi connectivity index (χ4n) is 5.23. The van der Waals surface area contributed by atoms with E-state index in [0.717, 1.165) is 36.5 Å². The number of carbonyl (C=O) groups is 1. The molecule has 2 heterocycles. The minimum Gasteiger partial charge on any atom is -0.465 e. The lowest BCUT2D eigenvalue weighted by Crippen LogP contribution is -2.49. The highest BCUT2D eigenvalue weighted by atomic mass is 19.2. The van der Waals surface area contributed by atoms with E-state index < -0.39 is 23.7 Å². The SMILES string of the molecule is CCOC(=O)[C@H](c1ccccc1)N1CCN(c2ccc(-n3ccn(C(C)c4ccc(F)c(F)c4)c3=O)cc2)CC1. The molecule has 1 aliphatic heterocycles. The van der Waals surface area contributed by atoms with Gasteiger partial charge in [-0.3, -0.25) is 14.0 Å². The Bertz CT molecular complexity index is 1510. The van der Waals surface area contributed by atoms with Crippen LogP contribution in [0.1, 0.15) is 37.1 Å². The van der Waals surface area contributed by atoms with Crippen LogP contribution in [-0.4, -0.2) is 52.8 Å². The van der Waals surface area contributed by atoms with Gasteiger partial charge in [0.15, 0.2) is 11.6 Å². The normalized spacial score (nSPS) is 15.6. The highest BCUT2D eigenvalue weighted by Crippen LogP contribution is 2.26. The van der Waals surface area contributed by atoms with Gasteiger partial charge in [0.25, 0.3) is 0 Å². The van der Waals surface area contributed by atoms with Crippen LogP contribution in [0.25, 0.3) is 5.69 Å². The van der Waals surface area contributed by atoms with E-state index in [-0.39, 0.29) is 11.7 Å². The third kappa shape index (κ3) is 5.56. The summed E-state index contributed by atoms with van der Waals surface area (Å²) in [5, 5.41) is 0. The molecule has 0 aliphatic carbocycles. The van der Waals surface area contributed by atoms with Crippen molar-refractivity contribution in [3.63, 3.8) is 0 Å². The molecular weight excluding hydrogens is 514 g/mol. The summed E-state index contributed by atoms with van der Waals surface area (Å²) in [5.74, 6) is -2.09. The van der Waals surface area contributed by atoms with Gasteiger partial charge in [0.05, 0.1) is 18.3 Å². The predicted octanol–water partition coefficient (Wildman–Crippen LogP) is 4.95. The first-order valence-electron chi connectivity index (χ1n) is 13.4. The van der Waals surface area contributed by atoms with Crippen molar-refractivity contribution in [2.45, 2.75) is 25.9 Å². The van der Waals surface area contributed by atoms with Crippen LogP contribution in [0.3, 0.4) is 0 Å². The summed E-state index contributed by atoms with van der Waals surface area (Å²) in [5.41, 5.74) is 2.89. The lowest BCUT2D eigenvalue weighted by Gasteiger charge is -2.39. The van der Waals surface area contributed by atoms with E-state index in [2.05, 4.69) is 9.80 Å². The third-order valence-corrected chi connectivity index (χ3v) is 7.44. The molecule has 5 rings (SSSR count). The first-order valence-corrected chi connectivity index (χ1v) is 13.4. The molecule has 1 aliphatic rings. The van der Waals surface area contributed by atoms with Crippen molar-refractivity contribution in [2.75, 3.05) is 37.7 Å². The van der Waals surface area contributed by atoms with Gasteiger partial charge in [-0.15, -0.1) is 0 Å². The van der Waals surface area contributed by atoms with Crippen LogP contribution in [-0.2, 0) is 9.53 Å². The maximum atomic E-state index is 13.7. The summed E-state index contributed by atoms with van der Waals surface area (Å²) in [7, 11) is 0. The van der Waals surface area contributed by atoms with Crippen molar-refractivity contribution >= 4 is 11.7 Å². The Hall–Kier alpha value is -4.24. The molecular formula is C31H32F2N4O3. The number of hydrogen-bond donors (Lipinski definition) is 0. The summed E-state index contributed by atoms with van der Waals surface area (Å²) in [6.45, 7) is 6.80. The Balaban J connectivity index is 1.27. The molecule has 0 spiro atoms. The third-order valence-electron chi connectivity index (χ3n) is 7.44. The van der Waals surface area contributed by atoms with E-state index in [9.17, 15) is 18.4 Å². The van der Waals surface area contributed by atoms with E-state index in [4.69, 9.17) is 4.74 Å². The standard InChI is InChI=1S/C31H32F2N4O3/c1-3-40-30(38)29(23-7-5-4-6-8-23)35-17-15-34(16-18-35)25-10-12-26(13-11-25)37-20-19-36(31(37)39)22(2)24-9-14-27(32)28(33)21-24/h4-14,19-22,29H,3,15-18H2,1-2H3/t22?,29-/m0/s1. The minimum absolute atomic E-state index is 0.234. The van der Waals surface area contributed by atoms with Crippen LogP contribution in [0.15, 0.2) is 90.0 Å². The fraction of sp³-hybridized carbons (Fsp3) is 0.290. The van der Waals surface area contributed by atoms with Crippen LogP contribution < -0.4 is 10.6 Å². The molecule has 1 unspecified atom stereocenters. The van der Waals surface area contributed by atoms with E-state index in [0.29, 0.717) is 30.9 Å². The molecule has 7 nitrogen and oxygen atoms in total. The van der Waals surface area contributed by atoms with Crippen molar-refractivity contribution < 1.29 is 18.3 Å². The number of rotatable bonds is 8. The summed E-state index contributed by atoms with van der Waals surface area (Å²) in [4.78, 5) is 30.4. The van der Waals surface area contributed by atoms with Gasteiger partial charge < -0.3 is 9.64 Å². The number of hydrogen-bond acceptors (Lipinski definition) is 5. The summed E-state index contributed by atoms with van der Waals surface area (Å²) < 4.78 is 35.5. The molecule has 1 fully saturated rings. The smallest absolute Gasteiger partial charge is 0.333 e. The second kappa shape index (κ2) is 11.9. The maximum absolute atomic E-state index is 13.7. The number of nitrogens with zero attached hydrogens (tertiary/aromatic N) is 4. The summed E-state index contributed by atoms with van der Waals surface area (Å²) >= 11 is 0. The monoisotopic (exact) mass is 546 g/mol. The van der Waals surface area contributed by atoms with E-state index >= 15 is 0 Å². The molecule has 0 bridgehead atoms. The number of esters is 1. The van der Waals surface area contributed by atoms with Gasteiger partial charge in [0.2, 0.25) is 0 Å². The van der Waals surface area contributed by atoms with Crippen LogP contribution in [0.2, 0.25) is 0 Å². The molecule has 1 aromatic heterocycles. The lowest BCUT2D eigenvalue weighted by molar-refractivity contribution is -0.150. The van der Waals surface area contributed by atoms with Crippen molar-refractivity contribution in [1.82, 2.24) is 14.0 Å². The highest BCUT2D eigenvalue weighted by Gasteiger charge is 2.31. The van der Waals surface area contributed by atoms with Gasteiger partial charge in [-0.2, -0.15) is 0 Å². The fourth-order valence-corrected chi connectivity index (χ4v) is 5.23. The zero-order valence-electron chi connectivity index (χ0n) is 22.5. The molecule has 0 N–H and O–H groups in total. The largest absolute Gasteiger partial charge is 0.465 e. The van der Waals surface area contributed by atoms with Crippen LogP contribution in [0.5, 0.6) is 0 Å². The predicted molar refractivity (Wildman–Crippen MR) is 150 cm³/mol. The molecule has 1 saturated heterocycles. The topological polar surface area (TPSA) is 59.7 Å². The Labute approximate surface area is 231 Å². The zero-order valence-corrected chi connectivity index (χ0v) is 22.5. The van der Waals surface area contributed by atoms with Gasteiger partial charge >= 0.3 is 11.7 Å². The number of halogens is 2. The zero-order chi connectivity index (χ0) is 28.2. The Kier molecular flexibility index (Phi) is 8.11. The number of imidazole rings is 1. The molecule has 4 aromatic rings. The van der Waals surface area contributed by atoms with Gasteiger partial charge in [-0.1, -0.05) is 36.4 Å². The summed E-state index contributed by atoms with van der Waals surface area (Å²) in [6, 6.07) is 20.2. The number of piperazine rings is 1. The van der Waals surface area contributed by atoms with Crippen molar-refractivity contribution in [1.29, 1.82) is 0 Å². The Morgan fingerprint density at radius 2 is 1.52 bits per heavy atom. The van der Waals surface area contributed by atoms with Crippen LogP contribution >= 0.6 is 0 Å². The van der Waals surface area contributed by atoms with E-state index in [1.165, 1.54) is 15.2 Å². The van der Waals surface area contributed by atoms with Gasteiger partial charge in [0, 0.05) is 44.3 Å². The second-order valence-electron chi connectivity index (χ2n) is 9.81. The average Bonchev–Trinajstić information content (AvgIpc) is 3.36. The average molecular weight is 547 g/mol. The second-order valence-corrected chi connectivity index (χ2v) is 9.81. The molecule has 0 amide bonds. The van der Waals surface area contributed by atoms with Crippen LogP contribution in [0, 0.1) is 11.6 Å². The van der Waals surface area contributed by atoms with Crippen molar-refractivity contribution in [2.24, 2.45) is 0 Å². The van der Waals surface area contributed by atoms with Gasteiger partial charge in [-0.25, -0.2) is 18.4 Å². The van der Waals surface area contributed by atoms with Crippen molar-refractivity contribution in [3.8, 4) is 5.69 Å². The number of carbonyl (C=O) groups excluding carboxylic acids is 1. The molecule has 9 heteroatoms. The lowest BCUT2D eigenvalue weighted by atomic mass is 10.0. The molecule has 40 heavy (non-hydrogen) atoms. The van der Waals surface area contributed by atoms with E-state index in [1.54, 1.807) is 19.3 Å². The first kappa shape index (κ1) is 27.3. The molecule has 0 radical (unpaired) electrons. The van der Waals surface area contributed by atoms with Crippen molar-refractivity contribution in [3.05, 3.63) is 118 Å². The number of benzene rings is 3. The number of aromatic nitrogens is 2. The molecule has 3 aromatic carbocycles. The molecule has 2 atom stereocenters. The van der Waals surface area contributed by atoms with Gasteiger partial charge in [-0.05, 0) is 61.4 Å². The van der Waals surface area contributed by atoms with Gasteiger partial charge in [0.1, 0.15) is 6.04 Å². The quantitative estimate of drug-likeness (QED) is 0.293.